The molecular weight excluding hydrogens is 250 g/mol. The SMILES string of the molecule is COC(C)CNc1nc(NN)nc2sc(C)cc12. The fourth-order valence-corrected chi connectivity index (χ4v) is 2.44. The molecule has 1 unspecified atom stereocenters. The monoisotopic (exact) mass is 267 g/mol. The van der Waals surface area contributed by atoms with Crippen LogP contribution in [-0.2, 0) is 4.74 Å². The summed E-state index contributed by atoms with van der Waals surface area (Å²) in [6.45, 7) is 4.72. The summed E-state index contributed by atoms with van der Waals surface area (Å²) in [5.41, 5.74) is 2.48. The second-order valence-corrected chi connectivity index (χ2v) is 5.28. The number of thiophene rings is 1. The second-order valence-electron chi connectivity index (χ2n) is 4.04. The highest BCUT2D eigenvalue weighted by atomic mass is 32.1. The van der Waals surface area contributed by atoms with Crippen LogP contribution in [0.15, 0.2) is 6.07 Å². The number of aromatic nitrogens is 2. The molecule has 7 heteroatoms. The van der Waals surface area contributed by atoms with Gasteiger partial charge in [0.05, 0.1) is 11.5 Å². The number of methoxy groups -OCH3 is 1. The van der Waals surface area contributed by atoms with E-state index in [-0.39, 0.29) is 6.10 Å². The lowest BCUT2D eigenvalue weighted by atomic mass is 10.3. The predicted molar refractivity (Wildman–Crippen MR) is 74.9 cm³/mol. The number of aryl methyl sites for hydroxylation is 1. The minimum Gasteiger partial charge on any atom is -0.380 e. The number of hydrogen-bond acceptors (Lipinski definition) is 7. The molecule has 0 saturated carbocycles. The maximum Gasteiger partial charge on any atom is 0.240 e. The minimum atomic E-state index is 0.115. The number of anilines is 2. The van der Waals surface area contributed by atoms with Crippen molar-refractivity contribution in [2.45, 2.75) is 20.0 Å². The van der Waals surface area contributed by atoms with Crippen LogP contribution in [0.2, 0.25) is 0 Å². The number of nitrogens with one attached hydrogen (secondary N) is 2. The van der Waals surface area contributed by atoms with Crippen molar-refractivity contribution in [3.63, 3.8) is 0 Å². The van der Waals surface area contributed by atoms with Crippen LogP contribution in [0.1, 0.15) is 11.8 Å². The molecule has 4 N–H and O–H groups in total. The first kappa shape index (κ1) is 13.0. The van der Waals surface area contributed by atoms with Crippen molar-refractivity contribution in [3.8, 4) is 0 Å². The number of ether oxygens (including phenoxy) is 1. The summed E-state index contributed by atoms with van der Waals surface area (Å²) >= 11 is 1.62. The molecule has 0 saturated heterocycles. The Morgan fingerprint density at radius 1 is 1.50 bits per heavy atom. The van der Waals surface area contributed by atoms with Gasteiger partial charge in [-0.05, 0) is 19.9 Å². The number of fused-ring (bicyclic) bond motifs is 1. The molecule has 2 rings (SSSR count). The zero-order valence-electron chi connectivity index (χ0n) is 10.7. The molecule has 1 atom stereocenters. The van der Waals surface area contributed by atoms with E-state index in [1.54, 1.807) is 18.4 Å². The van der Waals surface area contributed by atoms with Gasteiger partial charge in [0, 0.05) is 18.5 Å². The van der Waals surface area contributed by atoms with E-state index < -0.39 is 0 Å². The molecule has 6 nitrogen and oxygen atoms in total. The van der Waals surface area contributed by atoms with Gasteiger partial charge in [0.15, 0.2) is 0 Å². The second kappa shape index (κ2) is 5.47. The first-order valence-electron chi connectivity index (χ1n) is 5.65. The van der Waals surface area contributed by atoms with Gasteiger partial charge in [-0.3, -0.25) is 5.43 Å². The van der Waals surface area contributed by atoms with Crippen LogP contribution >= 0.6 is 11.3 Å². The van der Waals surface area contributed by atoms with Crippen LogP contribution in [0.3, 0.4) is 0 Å². The zero-order valence-corrected chi connectivity index (χ0v) is 11.5. The Morgan fingerprint density at radius 3 is 2.94 bits per heavy atom. The van der Waals surface area contributed by atoms with Crippen LogP contribution in [-0.4, -0.2) is 29.7 Å². The Labute approximate surface area is 110 Å². The van der Waals surface area contributed by atoms with E-state index in [1.807, 2.05) is 13.8 Å². The fraction of sp³-hybridized carbons (Fsp3) is 0.455. The molecule has 0 aliphatic rings. The van der Waals surface area contributed by atoms with Crippen molar-refractivity contribution in [2.24, 2.45) is 5.84 Å². The van der Waals surface area contributed by atoms with E-state index in [0.29, 0.717) is 12.5 Å². The number of rotatable bonds is 5. The summed E-state index contributed by atoms with van der Waals surface area (Å²) < 4.78 is 5.20. The summed E-state index contributed by atoms with van der Waals surface area (Å²) in [7, 11) is 1.68. The third-order valence-electron chi connectivity index (χ3n) is 2.60. The maximum atomic E-state index is 5.38. The molecule has 0 bridgehead atoms. The van der Waals surface area contributed by atoms with Crippen molar-refractivity contribution in [1.82, 2.24) is 9.97 Å². The summed E-state index contributed by atoms with van der Waals surface area (Å²) in [6, 6.07) is 2.07. The van der Waals surface area contributed by atoms with Gasteiger partial charge in [0.2, 0.25) is 5.95 Å². The fourth-order valence-electron chi connectivity index (χ4n) is 1.56. The molecule has 2 aromatic heterocycles. The van der Waals surface area contributed by atoms with Gasteiger partial charge < -0.3 is 10.1 Å². The van der Waals surface area contributed by atoms with Crippen LogP contribution in [0.25, 0.3) is 10.2 Å². The Morgan fingerprint density at radius 2 is 2.28 bits per heavy atom. The number of nitrogens with zero attached hydrogens (tertiary/aromatic N) is 2. The van der Waals surface area contributed by atoms with Crippen LogP contribution in [0.4, 0.5) is 11.8 Å². The third kappa shape index (κ3) is 2.69. The molecule has 0 radical (unpaired) electrons. The predicted octanol–water partition coefficient (Wildman–Crippen LogP) is 1.73. The van der Waals surface area contributed by atoms with Gasteiger partial charge in [-0.1, -0.05) is 0 Å². The van der Waals surface area contributed by atoms with Crippen LogP contribution < -0.4 is 16.6 Å². The Kier molecular flexibility index (Phi) is 3.95. The average molecular weight is 267 g/mol. The van der Waals surface area contributed by atoms with E-state index in [0.717, 1.165) is 16.0 Å². The van der Waals surface area contributed by atoms with Crippen LogP contribution in [0, 0.1) is 6.92 Å². The number of hydrazine groups is 1. The molecule has 0 amide bonds. The van der Waals surface area contributed by atoms with E-state index in [9.17, 15) is 0 Å². The van der Waals surface area contributed by atoms with Gasteiger partial charge in [-0.15, -0.1) is 11.3 Å². The zero-order chi connectivity index (χ0) is 13.1. The first-order valence-corrected chi connectivity index (χ1v) is 6.47. The van der Waals surface area contributed by atoms with Crippen molar-refractivity contribution in [3.05, 3.63) is 10.9 Å². The summed E-state index contributed by atoms with van der Waals surface area (Å²) in [5.74, 6) is 6.57. The first-order chi connectivity index (χ1) is 8.63. The van der Waals surface area contributed by atoms with E-state index in [2.05, 4.69) is 26.8 Å². The van der Waals surface area contributed by atoms with E-state index in [4.69, 9.17) is 10.6 Å². The highest BCUT2D eigenvalue weighted by molar-refractivity contribution is 7.18. The maximum absolute atomic E-state index is 5.38. The summed E-state index contributed by atoms with van der Waals surface area (Å²) in [4.78, 5) is 10.8. The third-order valence-corrected chi connectivity index (χ3v) is 3.55. The molecule has 2 aromatic rings. The van der Waals surface area contributed by atoms with Crippen molar-refractivity contribution < 1.29 is 4.74 Å². The van der Waals surface area contributed by atoms with Gasteiger partial charge in [0.1, 0.15) is 10.6 Å². The number of hydrogen-bond donors (Lipinski definition) is 3. The van der Waals surface area contributed by atoms with Gasteiger partial charge in [-0.25, -0.2) is 10.8 Å². The summed E-state index contributed by atoms with van der Waals surface area (Å²) in [6.07, 6.45) is 0.115. The topological polar surface area (TPSA) is 85.1 Å². The molecule has 0 aliphatic heterocycles. The van der Waals surface area contributed by atoms with E-state index >= 15 is 0 Å². The largest absolute Gasteiger partial charge is 0.380 e. The molecule has 0 fully saturated rings. The Hall–Kier alpha value is -1.44. The molecule has 2 heterocycles. The van der Waals surface area contributed by atoms with Crippen molar-refractivity contribution in [2.75, 3.05) is 24.4 Å². The number of nitrogen functional groups attached to an aromatic ring is 1. The van der Waals surface area contributed by atoms with Gasteiger partial charge in [-0.2, -0.15) is 4.98 Å². The number of nitrogens with two attached hydrogens (primary N) is 1. The molecular formula is C11H17N5OS. The molecule has 18 heavy (non-hydrogen) atoms. The lowest BCUT2D eigenvalue weighted by Crippen LogP contribution is -2.19. The van der Waals surface area contributed by atoms with Gasteiger partial charge in [0.25, 0.3) is 0 Å². The molecule has 0 aliphatic carbocycles. The molecule has 0 spiro atoms. The summed E-state index contributed by atoms with van der Waals surface area (Å²) in [5, 5.41) is 4.28. The molecule has 98 valence electrons. The van der Waals surface area contributed by atoms with Gasteiger partial charge >= 0.3 is 0 Å². The van der Waals surface area contributed by atoms with Crippen LogP contribution in [0.5, 0.6) is 0 Å². The van der Waals surface area contributed by atoms with Crippen molar-refractivity contribution >= 4 is 33.3 Å². The highest BCUT2D eigenvalue weighted by Gasteiger charge is 2.10. The normalized spacial score (nSPS) is 12.7. The standard InChI is InChI=1S/C11H17N5OS/c1-6(17-3)5-13-9-8-4-7(2)18-10(8)15-11(14-9)16-12/h4,6H,5,12H2,1-3H3,(H2,13,14,15,16). The van der Waals surface area contributed by atoms with Crippen molar-refractivity contribution in [1.29, 1.82) is 0 Å². The smallest absolute Gasteiger partial charge is 0.240 e. The molecule has 0 aromatic carbocycles. The lowest BCUT2D eigenvalue weighted by molar-refractivity contribution is 0.128. The van der Waals surface area contributed by atoms with E-state index in [1.165, 1.54) is 4.88 Å². The quantitative estimate of drug-likeness (QED) is 0.565. The highest BCUT2D eigenvalue weighted by Crippen LogP contribution is 2.29. The Balaban J connectivity index is 2.34. The average Bonchev–Trinajstić information content (AvgIpc) is 2.75. The lowest BCUT2D eigenvalue weighted by Gasteiger charge is -2.12. The Bertz CT molecular complexity index is 541. The minimum absolute atomic E-state index is 0.115.